The maximum atomic E-state index is 12.9. The topological polar surface area (TPSA) is 61.8 Å². The van der Waals surface area contributed by atoms with Crippen molar-refractivity contribution in [3.63, 3.8) is 0 Å². The van der Waals surface area contributed by atoms with Gasteiger partial charge in [0, 0.05) is 19.4 Å². The molecule has 0 aliphatic carbocycles. The lowest BCUT2D eigenvalue weighted by molar-refractivity contribution is -0.163. The molecule has 0 saturated heterocycles. The van der Waals surface area contributed by atoms with E-state index in [4.69, 9.17) is 14.2 Å². The first kappa shape index (κ1) is 62.8. The van der Waals surface area contributed by atoms with Gasteiger partial charge in [0.25, 0.3) is 0 Å². The summed E-state index contributed by atoms with van der Waals surface area (Å²) >= 11 is 0. The molecule has 0 heterocycles. The maximum absolute atomic E-state index is 12.9. The van der Waals surface area contributed by atoms with Gasteiger partial charge in [0.1, 0.15) is 6.61 Å². The molecule has 0 aliphatic heterocycles. The van der Waals surface area contributed by atoms with Gasteiger partial charge >= 0.3 is 11.9 Å². The number of rotatable bonds is 50. The van der Waals surface area contributed by atoms with Gasteiger partial charge < -0.3 is 14.2 Å². The van der Waals surface area contributed by atoms with E-state index in [0.717, 1.165) is 122 Å². The van der Waals surface area contributed by atoms with E-state index in [2.05, 4.69) is 118 Å². The number of unbranched alkanes of at least 4 members (excludes halogenated alkanes) is 23. The molecule has 0 radical (unpaired) electrons. The highest BCUT2D eigenvalue weighted by Gasteiger charge is 2.17. The third-order valence-corrected chi connectivity index (χ3v) is 11.6. The average molecular weight is 917 g/mol. The van der Waals surface area contributed by atoms with Crippen LogP contribution < -0.4 is 0 Å². The number of carbonyl (C=O) groups excluding carboxylic acids is 2. The molecular weight excluding hydrogens is 813 g/mol. The molecule has 378 valence electrons. The van der Waals surface area contributed by atoms with Crippen molar-refractivity contribution in [3.05, 3.63) is 97.2 Å². The number of hydrogen-bond donors (Lipinski definition) is 0. The van der Waals surface area contributed by atoms with Crippen molar-refractivity contribution in [1.82, 2.24) is 0 Å². The van der Waals surface area contributed by atoms with Crippen molar-refractivity contribution < 1.29 is 23.8 Å². The van der Waals surface area contributed by atoms with Crippen LogP contribution in [0.15, 0.2) is 97.2 Å². The minimum atomic E-state index is -0.567. The molecule has 5 nitrogen and oxygen atoms in total. The van der Waals surface area contributed by atoms with E-state index < -0.39 is 6.10 Å². The summed E-state index contributed by atoms with van der Waals surface area (Å²) in [4.78, 5) is 25.5. The van der Waals surface area contributed by atoms with Gasteiger partial charge in [-0.1, -0.05) is 240 Å². The van der Waals surface area contributed by atoms with Gasteiger partial charge in [-0.05, 0) is 96.3 Å². The van der Waals surface area contributed by atoms with Crippen LogP contribution >= 0.6 is 0 Å². The second kappa shape index (κ2) is 56.1. The molecule has 0 aliphatic rings. The molecule has 0 fully saturated rings. The number of hydrogen-bond acceptors (Lipinski definition) is 5. The summed E-state index contributed by atoms with van der Waals surface area (Å²) in [5, 5.41) is 0. The summed E-state index contributed by atoms with van der Waals surface area (Å²) in [5.74, 6) is -0.439. The molecule has 0 spiro atoms. The van der Waals surface area contributed by atoms with E-state index in [9.17, 15) is 9.59 Å². The first-order valence-corrected chi connectivity index (χ1v) is 27.8. The van der Waals surface area contributed by atoms with E-state index in [1.165, 1.54) is 96.3 Å². The Morgan fingerprint density at radius 3 is 1.09 bits per heavy atom. The fraction of sp³-hybridized carbons (Fsp3) is 0.705. The van der Waals surface area contributed by atoms with Crippen LogP contribution in [-0.2, 0) is 23.8 Å². The fourth-order valence-corrected chi connectivity index (χ4v) is 7.55. The van der Waals surface area contributed by atoms with E-state index in [0.29, 0.717) is 19.4 Å². The lowest BCUT2D eigenvalue weighted by Crippen LogP contribution is -2.30. The lowest BCUT2D eigenvalue weighted by Gasteiger charge is -2.18. The normalized spacial score (nSPS) is 13.0. The molecule has 0 aromatic carbocycles. The SMILES string of the molecule is CC/C=C\C/C=C\C/C=C\C/C=C\CCCCCCC(=O)OCC(COCCCCC/C=C\C/C=C\C/C=C\C/C=C\CC)OC(=O)CCCCCCCCCCCCCCCCCCC. The highest BCUT2D eigenvalue weighted by atomic mass is 16.6. The predicted octanol–water partition coefficient (Wildman–Crippen LogP) is 19.0. The minimum Gasteiger partial charge on any atom is -0.462 e. The Morgan fingerprint density at radius 2 is 0.682 bits per heavy atom. The van der Waals surface area contributed by atoms with Crippen molar-refractivity contribution in [2.75, 3.05) is 19.8 Å². The second-order valence-electron chi connectivity index (χ2n) is 18.1. The zero-order valence-corrected chi connectivity index (χ0v) is 43.4. The highest BCUT2D eigenvalue weighted by molar-refractivity contribution is 5.70. The van der Waals surface area contributed by atoms with E-state index >= 15 is 0 Å². The Bertz CT molecular complexity index is 1270. The monoisotopic (exact) mass is 917 g/mol. The Balaban J connectivity index is 4.37. The Hall–Kier alpha value is -3.18. The summed E-state index contributed by atoms with van der Waals surface area (Å²) in [6.45, 7) is 7.52. The molecule has 0 rings (SSSR count). The lowest BCUT2D eigenvalue weighted by atomic mass is 10.0. The molecule has 0 saturated carbocycles. The largest absolute Gasteiger partial charge is 0.462 e. The summed E-state index contributed by atoms with van der Waals surface area (Å²) < 4.78 is 17.4. The van der Waals surface area contributed by atoms with Gasteiger partial charge in [-0.2, -0.15) is 0 Å². The van der Waals surface area contributed by atoms with Gasteiger partial charge in [0.05, 0.1) is 6.61 Å². The quantitative estimate of drug-likeness (QED) is 0.0346. The van der Waals surface area contributed by atoms with Crippen LogP contribution in [0.5, 0.6) is 0 Å². The molecule has 0 aromatic heterocycles. The Morgan fingerprint density at radius 1 is 0.348 bits per heavy atom. The standard InChI is InChI=1S/C61H104O5/c1-4-7-10-13-16-19-22-25-28-31-33-36-39-42-45-48-51-54-60(62)65-58-59(57-64-56-53-50-47-44-41-38-35-30-27-24-21-18-15-12-9-6-3)66-61(63)55-52-49-46-43-40-37-34-32-29-26-23-20-17-14-11-8-5-2/h7,9-10,12,16,18-19,21,25,27-28,30,33,36,38,41,59H,4-6,8,11,13-15,17,20,22-24,26,29,31-32,34-35,37,39-40,42-58H2,1-3H3/b10-7-,12-9-,19-16-,21-18-,28-25-,30-27-,36-33-,41-38-. The number of carbonyl (C=O) groups is 2. The summed E-state index contributed by atoms with van der Waals surface area (Å²) in [7, 11) is 0. The molecule has 1 unspecified atom stereocenters. The van der Waals surface area contributed by atoms with Crippen LogP contribution in [0.25, 0.3) is 0 Å². The molecule has 0 bridgehead atoms. The Kier molecular flexibility index (Phi) is 53.4. The van der Waals surface area contributed by atoms with Crippen molar-refractivity contribution >= 4 is 11.9 Å². The van der Waals surface area contributed by atoms with E-state index in [-0.39, 0.29) is 25.2 Å². The van der Waals surface area contributed by atoms with Crippen LogP contribution in [0.3, 0.4) is 0 Å². The first-order chi connectivity index (χ1) is 32.6. The van der Waals surface area contributed by atoms with Gasteiger partial charge in [0.2, 0.25) is 0 Å². The zero-order valence-electron chi connectivity index (χ0n) is 43.4. The predicted molar refractivity (Wildman–Crippen MR) is 288 cm³/mol. The van der Waals surface area contributed by atoms with Crippen LogP contribution in [-0.4, -0.2) is 37.9 Å². The molecule has 0 amide bonds. The summed E-state index contributed by atoms with van der Waals surface area (Å²) in [6, 6.07) is 0. The maximum Gasteiger partial charge on any atom is 0.306 e. The van der Waals surface area contributed by atoms with Gasteiger partial charge in [0.15, 0.2) is 6.10 Å². The molecule has 66 heavy (non-hydrogen) atoms. The minimum absolute atomic E-state index is 0.0568. The number of esters is 2. The Labute approximate surface area is 409 Å². The molecule has 0 N–H and O–H groups in total. The van der Waals surface area contributed by atoms with Crippen LogP contribution in [0.1, 0.15) is 252 Å². The van der Waals surface area contributed by atoms with Gasteiger partial charge in [-0.25, -0.2) is 0 Å². The third-order valence-electron chi connectivity index (χ3n) is 11.6. The summed E-state index contributed by atoms with van der Waals surface area (Å²) in [5.41, 5.74) is 0. The van der Waals surface area contributed by atoms with Gasteiger partial charge in [-0.15, -0.1) is 0 Å². The van der Waals surface area contributed by atoms with Crippen molar-refractivity contribution in [1.29, 1.82) is 0 Å². The number of allylic oxidation sites excluding steroid dienone is 16. The van der Waals surface area contributed by atoms with E-state index in [1.54, 1.807) is 0 Å². The molecule has 1 atom stereocenters. The fourth-order valence-electron chi connectivity index (χ4n) is 7.55. The molecule has 5 heteroatoms. The van der Waals surface area contributed by atoms with Crippen molar-refractivity contribution in [3.8, 4) is 0 Å². The van der Waals surface area contributed by atoms with E-state index in [1.807, 2.05) is 0 Å². The third kappa shape index (κ3) is 53.4. The molecule has 0 aromatic rings. The molecular formula is C61H104O5. The average Bonchev–Trinajstić information content (AvgIpc) is 3.32. The van der Waals surface area contributed by atoms with Crippen LogP contribution in [0.2, 0.25) is 0 Å². The number of ether oxygens (including phenoxy) is 3. The zero-order chi connectivity index (χ0) is 47.7. The first-order valence-electron chi connectivity index (χ1n) is 27.8. The van der Waals surface area contributed by atoms with Gasteiger partial charge in [-0.3, -0.25) is 9.59 Å². The van der Waals surface area contributed by atoms with Crippen molar-refractivity contribution in [2.45, 2.75) is 258 Å². The highest BCUT2D eigenvalue weighted by Crippen LogP contribution is 2.15. The second-order valence-corrected chi connectivity index (χ2v) is 18.1. The summed E-state index contributed by atoms with van der Waals surface area (Å²) in [6.07, 6.45) is 75.7. The smallest absolute Gasteiger partial charge is 0.306 e. The van der Waals surface area contributed by atoms with Crippen LogP contribution in [0.4, 0.5) is 0 Å². The van der Waals surface area contributed by atoms with Crippen molar-refractivity contribution in [2.24, 2.45) is 0 Å². The van der Waals surface area contributed by atoms with Crippen LogP contribution in [0, 0.1) is 0 Å².